The highest BCUT2D eigenvalue weighted by Crippen LogP contribution is 2.07. The Balaban J connectivity index is 1.70. The Morgan fingerprint density at radius 3 is 2.76 bits per heavy atom. The summed E-state index contributed by atoms with van der Waals surface area (Å²) >= 11 is 0. The number of nitrogens with one attached hydrogen (secondary N) is 1. The van der Waals surface area contributed by atoms with Gasteiger partial charge >= 0.3 is 0 Å². The minimum absolute atomic E-state index is 0.184. The Kier molecular flexibility index (Phi) is 4.54. The molecule has 2 rings (SSSR count). The second-order valence-corrected chi connectivity index (χ2v) is 4.73. The zero-order valence-corrected chi connectivity index (χ0v) is 10.6. The summed E-state index contributed by atoms with van der Waals surface area (Å²) in [4.78, 5) is 0. The van der Waals surface area contributed by atoms with Crippen molar-refractivity contribution in [2.24, 2.45) is 0 Å². The number of aryl methyl sites for hydroxylation is 1. The van der Waals surface area contributed by atoms with Crippen molar-refractivity contribution in [3.8, 4) is 0 Å². The van der Waals surface area contributed by atoms with E-state index >= 15 is 0 Å². The average Bonchev–Trinajstić information content (AvgIpc) is 2.32. The topological polar surface area (TPSA) is 30.5 Å². The van der Waals surface area contributed by atoms with E-state index in [9.17, 15) is 0 Å². The van der Waals surface area contributed by atoms with Crippen LogP contribution in [0.4, 0.5) is 0 Å². The highest BCUT2D eigenvalue weighted by atomic mass is 16.5. The van der Waals surface area contributed by atoms with Crippen molar-refractivity contribution in [1.82, 2.24) is 5.32 Å². The van der Waals surface area contributed by atoms with Gasteiger partial charge < -0.3 is 14.8 Å². The van der Waals surface area contributed by atoms with Gasteiger partial charge in [0.25, 0.3) is 0 Å². The van der Waals surface area contributed by atoms with Gasteiger partial charge in [0, 0.05) is 13.1 Å². The van der Waals surface area contributed by atoms with Crippen LogP contribution in [0.15, 0.2) is 24.3 Å². The molecule has 1 heterocycles. The Bertz CT molecular complexity index is 337. The number of rotatable bonds is 4. The lowest BCUT2D eigenvalue weighted by Gasteiger charge is -2.28. The molecule has 1 saturated heterocycles. The number of hydrogen-bond acceptors (Lipinski definition) is 3. The van der Waals surface area contributed by atoms with E-state index in [1.807, 2.05) is 0 Å². The van der Waals surface area contributed by atoms with Gasteiger partial charge in [0.15, 0.2) is 0 Å². The molecule has 0 radical (unpaired) electrons. The molecule has 2 unspecified atom stereocenters. The molecule has 1 aliphatic rings. The lowest BCUT2D eigenvalue weighted by molar-refractivity contribution is -0.0716. The van der Waals surface area contributed by atoms with Crippen molar-refractivity contribution in [3.63, 3.8) is 0 Å². The van der Waals surface area contributed by atoms with Gasteiger partial charge in [-0.25, -0.2) is 0 Å². The van der Waals surface area contributed by atoms with Crippen molar-refractivity contribution >= 4 is 0 Å². The number of benzene rings is 1. The minimum Gasteiger partial charge on any atom is -0.374 e. The molecule has 0 aliphatic carbocycles. The quantitative estimate of drug-likeness (QED) is 0.864. The molecule has 94 valence electrons. The van der Waals surface area contributed by atoms with Crippen molar-refractivity contribution in [1.29, 1.82) is 0 Å². The van der Waals surface area contributed by atoms with Gasteiger partial charge in [-0.05, 0) is 19.4 Å². The molecular weight excluding hydrogens is 214 g/mol. The summed E-state index contributed by atoms with van der Waals surface area (Å²) < 4.78 is 11.4. The van der Waals surface area contributed by atoms with Crippen molar-refractivity contribution in [2.45, 2.75) is 32.7 Å². The fraction of sp³-hybridized carbons (Fsp3) is 0.571. The van der Waals surface area contributed by atoms with Crippen molar-refractivity contribution < 1.29 is 9.47 Å². The molecule has 0 spiro atoms. The van der Waals surface area contributed by atoms with E-state index in [0.717, 1.165) is 13.1 Å². The van der Waals surface area contributed by atoms with Crippen LogP contribution >= 0.6 is 0 Å². The fourth-order valence-corrected chi connectivity index (χ4v) is 1.96. The molecule has 0 amide bonds. The Morgan fingerprint density at radius 1 is 1.29 bits per heavy atom. The minimum atomic E-state index is 0.184. The number of hydrogen-bond donors (Lipinski definition) is 1. The first kappa shape index (κ1) is 12.6. The van der Waals surface area contributed by atoms with Crippen LogP contribution in [0.25, 0.3) is 0 Å². The lowest BCUT2D eigenvalue weighted by Crippen LogP contribution is -2.45. The van der Waals surface area contributed by atoms with E-state index in [1.165, 1.54) is 11.1 Å². The van der Waals surface area contributed by atoms with Crippen LogP contribution in [-0.2, 0) is 16.1 Å². The molecule has 1 aliphatic heterocycles. The highest BCUT2D eigenvalue weighted by molar-refractivity contribution is 5.20. The lowest BCUT2D eigenvalue weighted by atomic mass is 10.2. The number of morpholine rings is 1. The number of ether oxygens (including phenoxy) is 2. The van der Waals surface area contributed by atoms with Crippen LogP contribution in [0.3, 0.4) is 0 Å². The SMILES string of the molecule is Cc1ccc(COCC2CNCC(C)O2)cc1. The van der Waals surface area contributed by atoms with Gasteiger partial charge in [-0.3, -0.25) is 0 Å². The summed E-state index contributed by atoms with van der Waals surface area (Å²) in [6.07, 6.45) is 0.473. The second kappa shape index (κ2) is 6.15. The molecule has 1 fully saturated rings. The summed E-state index contributed by atoms with van der Waals surface area (Å²) in [5, 5.41) is 3.34. The van der Waals surface area contributed by atoms with Crippen LogP contribution in [0.5, 0.6) is 0 Å². The zero-order valence-electron chi connectivity index (χ0n) is 10.6. The highest BCUT2D eigenvalue weighted by Gasteiger charge is 2.18. The maximum Gasteiger partial charge on any atom is 0.0936 e. The summed E-state index contributed by atoms with van der Waals surface area (Å²) in [6.45, 7) is 7.32. The van der Waals surface area contributed by atoms with E-state index in [2.05, 4.69) is 43.4 Å². The summed E-state index contributed by atoms with van der Waals surface area (Å²) in [5.74, 6) is 0. The van der Waals surface area contributed by atoms with Gasteiger partial charge in [0.1, 0.15) is 0 Å². The Morgan fingerprint density at radius 2 is 2.06 bits per heavy atom. The smallest absolute Gasteiger partial charge is 0.0936 e. The van der Waals surface area contributed by atoms with E-state index in [-0.39, 0.29) is 12.2 Å². The van der Waals surface area contributed by atoms with Crippen LogP contribution in [0.1, 0.15) is 18.1 Å². The zero-order chi connectivity index (χ0) is 12.1. The summed E-state index contributed by atoms with van der Waals surface area (Å²) in [7, 11) is 0. The van der Waals surface area contributed by atoms with E-state index in [1.54, 1.807) is 0 Å². The molecule has 1 N–H and O–H groups in total. The predicted molar refractivity (Wildman–Crippen MR) is 68.0 cm³/mol. The van der Waals surface area contributed by atoms with E-state index in [0.29, 0.717) is 13.2 Å². The van der Waals surface area contributed by atoms with Gasteiger partial charge in [-0.2, -0.15) is 0 Å². The third-order valence-corrected chi connectivity index (χ3v) is 2.92. The molecule has 0 bridgehead atoms. The Labute approximate surface area is 103 Å². The predicted octanol–water partition coefficient (Wildman–Crippen LogP) is 1.89. The van der Waals surface area contributed by atoms with E-state index < -0.39 is 0 Å². The average molecular weight is 235 g/mol. The maximum absolute atomic E-state index is 5.76. The third kappa shape index (κ3) is 4.11. The monoisotopic (exact) mass is 235 g/mol. The fourth-order valence-electron chi connectivity index (χ4n) is 1.96. The van der Waals surface area contributed by atoms with Gasteiger partial charge in [-0.15, -0.1) is 0 Å². The summed E-state index contributed by atoms with van der Waals surface area (Å²) in [5.41, 5.74) is 2.50. The largest absolute Gasteiger partial charge is 0.374 e. The normalized spacial score (nSPS) is 24.8. The first-order valence-electron chi connectivity index (χ1n) is 6.23. The molecule has 1 aromatic rings. The van der Waals surface area contributed by atoms with Gasteiger partial charge in [0.05, 0.1) is 25.4 Å². The molecular formula is C14H21NO2. The van der Waals surface area contributed by atoms with Gasteiger partial charge in [0.2, 0.25) is 0 Å². The molecule has 0 aromatic heterocycles. The van der Waals surface area contributed by atoms with Gasteiger partial charge in [-0.1, -0.05) is 29.8 Å². The first-order valence-corrected chi connectivity index (χ1v) is 6.23. The van der Waals surface area contributed by atoms with Crippen LogP contribution in [0, 0.1) is 6.92 Å². The Hall–Kier alpha value is -0.900. The molecule has 17 heavy (non-hydrogen) atoms. The summed E-state index contributed by atoms with van der Waals surface area (Å²) in [6, 6.07) is 8.44. The molecule has 0 saturated carbocycles. The van der Waals surface area contributed by atoms with Crippen LogP contribution in [0.2, 0.25) is 0 Å². The van der Waals surface area contributed by atoms with Crippen LogP contribution in [-0.4, -0.2) is 31.9 Å². The maximum atomic E-state index is 5.76. The second-order valence-electron chi connectivity index (χ2n) is 4.73. The molecule has 2 atom stereocenters. The van der Waals surface area contributed by atoms with E-state index in [4.69, 9.17) is 9.47 Å². The van der Waals surface area contributed by atoms with Crippen molar-refractivity contribution in [2.75, 3.05) is 19.7 Å². The molecule has 3 nitrogen and oxygen atoms in total. The molecule has 3 heteroatoms. The van der Waals surface area contributed by atoms with Crippen molar-refractivity contribution in [3.05, 3.63) is 35.4 Å². The molecule has 1 aromatic carbocycles. The standard InChI is InChI=1S/C14H21NO2/c1-11-3-5-13(6-4-11)9-16-10-14-8-15-7-12(2)17-14/h3-6,12,14-15H,7-10H2,1-2H3. The third-order valence-electron chi connectivity index (χ3n) is 2.92. The van der Waals surface area contributed by atoms with Crippen LogP contribution < -0.4 is 5.32 Å². The first-order chi connectivity index (χ1) is 8.24.